The van der Waals surface area contributed by atoms with Crippen molar-refractivity contribution in [2.45, 2.75) is 0 Å². The van der Waals surface area contributed by atoms with Crippen LogP contribution in [0.2, 0.25) is 5.02 Å². The summed E-state index contributed by atoms with van der Waals surface area (Å²) < 4.78 is 18.6. The molecule has 0 aliphatic rings. The number of halogens is 2. The van der Waals surface area contributed by atoms with Crippen molar-refractivity contribution in [3.05, 3.63) is 65.2 Å². The Labute approximate surface area is 175 Å². The lowest BCUT2D eigenvalue weighted by atomic mass is 10.3. The van der Waals surface area contributed by atoms with E-state index in [1.54, 1.807) is 12.1 Å². The number of hydrogen-bond donors (Lipinski definition) is 3. The van der Waals surface area contributed by atoms with Crippen molar-refractivity contribution in [2.75, 3.05) is 23.5 Å². The van der Waals surface area contributed by atoms with Gasteiger partial charge in [0.1, 0.15) is 36.4 Å². The summed E-state index contributed by atoms with van der Waals surface area (Å²) >= 11 is 6.24. The number of ether oxygens (including phenoxy) is 1. The van der Waals surface area contributed by atoms with Gasteiger partial charge in [-0.05, 0) is 36.4 Å². The maximum absolute atomic E-state index is 12.9. The molecule has 9 nitrogen and oxygen atoms in total. The molecule has 3 rings (SSSR count). The molecule has 11 heteroatoms. The van der Waals surface area contributed by atoms with Crippen molar-refractivity contribution in [2.24, 2.45) is 5.16 Å². The Bertz CT molecular complexity index is 1080. The van der Waals surface area contributed by atoms with Crippen LogP contribution in [0.3, 0.4) is 0 Å². The zero-order valence-electron chi connectivity index (χ0n) is 15.6. The molecular formula is C19H16ClFN6O3. The van der Waals surface area contributed by atoms with Crippen LogP contribution in [-0.2, 0) is 4.84 Å². The fourth-order valence-electron chi connectivity index (χ4n) is 2.29. The minimum atomic E-state index is -0.543. The number of carbonyl (C=O) groups is 1. The van der Waals surface area contributed by atoms with E-state index in [0.717, 1.165) is 0 Å². The Morgan fingerprint density at radius 3 is 2.67 bits per heavy atom. The Balaban J connectivity index is 1.71. The minimum absolute atomic E-state index is 0.147. The smallest absolute Gasteiger partial charge is 0.323 e. The first-order valence-corrected chi connectivity index (χ1v) is 8.82. The second-order valence-corrected chi connectivity index (χ2v) is 6.13. The highest BCUT2D eigenvalue weighted by Crippen LogP contribution is 2.31. The van der Waals surface area contributed by atoms with Gasteiger partial charge in [0.2, 0.25) is 5.88 Å². The van der Waals surface area contributed by atoms with Crippen molar-refractivity contribution in [3.8, 4) is 11.6 Å². The highest BCUT2D eigenvalue weighted by atomic mass is 35.5. The van der Waals surface area contributed by atoms with Gasteiger partial charge in [-0.2, -0.15) is 0 Å². The molecule has 154 valence electrons. The van der Waals surface area contributed by atoms with Gasteiger partial charge in [0.25, 0.3) is 0 Å². The van der Waals surface area contributed by atoms with Crippen LogP contribution in [0.25, 0.3) is 0 Å². The number of nitrogens with one attached hydrogen (secondary N) is 2. The number of benzene rings is 2. The number of oxime groups is 1. The normalized spacial score (nSPS) is 10.6. The zero-order chi connectivity index (χ0) is 21.5. The van der Waals surface area contributed by atoms with E-state index < -0.39 is 11.8 Å². The summed E-state index contributed by atoms with van der Waals surface area (Å²) in [5, 5.41) is 9.03. The molecule has 0 fully saturated rings. The number of urea groups is 1. The third kappa shape index (κ3) is 5.32. The first kappa shape index (κ1) is 20.8. The van der Waals surface area contributed by atoms with Crippen molar-refractivity contribution in [1.29, 1.82) is 0 Å². The summed E-state index contributed by atoms with van der Waals surface area (Å²) in [6, 6.07) is 9.42. The average molecular weight is 431 g/mol. The Morgan fingerprint density at radius 1 is 1.20 bits per heavy atom. The van der Waals surface area contributed by atoms with E-state index in [4.69, 9.17) is 22.1 Å². The van der Waals surface area contributed by atoms with Gasteiger partial charge >= 0.3 is 6.03 Å². The quantitative estimate of drug-likeness (QED) is 0.396. The molecule has 0 aliphatic carbocycles. The summed E-state index contributed by atoms with van der Waals surface area (Å²) in [5.74, 6) is 0.244. The lowest BCUT2D eigenvalue weighted by Gasteiger charge is -2.12. The molecule has 0 saturated heterocycles. The van der Waals surface area contributed by atoms with Crippen LogP contribution in [0.1, 0.15) is 5.56 Å². The molecular weight excluding hydrogens is 415 g/mol. The van der Waals surface area contributed by atoms with Crippen molar-refractivity contribution >= 4 is 41.0 Å². The number of nitrogens with zero attached hydrogens (tertiary/aromatic N) is 3. The number of carbonyl (C=O) groups excluding carboxylic acids is 1. The van der Waals surface area contributed by atoms with E-state index in [9.17, 15) is 9.18 Å². The number of anilines is 3. The maximum atomic E-state index is 12.9. The lowest BCUT2D eigenvalue weighted by Crippen LogP contribution is -2.19. The van der Waals surface area contributed by atoms with Gasteiger partial charge in [-0.25, -0.2) is 19.2 Å². The molecule has 4 N–H and O–H groups in total. The van der Waals surface area contributed by atoms with Gasteiger partial charge in [0, 0.05) is 11.8 Å². The molecule has 2 aromatic carbocycles. The van der Waals surface area contributed by atoms with Crippen molar-refractivity contribution in [3.63, 3.8) is 0 Å². The summed E-state index contributed by atoms with van der Waals surface area (Å²) in [4.78, 5) is 24.7. The highest BCUT2D eigenvalue weighted by molar-refractivity contribution is 6.34. The summed E-state index contributed by atoms with van der Waals surface area (Å²) in [6.45, 7) is 0. The number of hydrogen-bond acceptors (Lipinski definition) is 7. The molecule has 1 heterocycles. The average Bonchev–Trinajstić information content (AvgIpc) is 2.71. The maximum Gasteiger partial charge on any atom is 0.323 e. The van der Waals surface area contributed by atoms with Gasteiger partial charge in [0.15, 0.2) is 0 Å². The molecule has 30 heavy (non-hydrogen) atoms. The Morgan fingerprint density at radius 2 is 1.97 bits per heavy atom. The van der Waals surface area contributed by atoms with E-state index in [2.05, 4.69) is 30.6 Å². The molecule has 0 bridgehead atoms. The molecule has 0 spiro atoms. The van der Waals surface area contributed by atoms with E-state index >= 15 is 0 Å². The number of nitrogens with two attached hydrogens (primary N) is 1. The summed E-state index contributed by atoms with van der Waals surface area (Å²) in [6.07, 6.45) is 2.56. The zero-order valence-corrected chi connectivity index (χ0v) is 16.4. The van der Waals surface area contributed by atoms with Gasteiger partial charge in [0.05, 0.1) is 16.9 Å². The number of nitrogen functional groups attached to an aromatic ring is 1. The second kappa shape index (κ2) is 9.52. The predicted octanol–water partition coefficient (Wildman–Crippen LogP) is 4.27. The van der Waals surface area contributed by atoms with E-state index in [0.29, 0.717) is 22.7 Å². The first-order valence-electron chi connectivity index (χ1n) is 8.44. The fourth-order valence-corrected chi connectivity index (χ4v) is 2.51. The molecule has 2 amide bonds. The SMILES string of the molecule is CO/N=C/c1c(N)ncnc1Oc1ccc(NC(=O)Nc2ccc(F)cc2)c(Cl)c1. The topological polar surface area (TPSA) is 124 Å². The molecule has 0 radical (unpaired) electrons. The highest BCUT2D eigenvalue weighted by Gasteiger charge is 2.12. The summed E-state index contributed by atoms with van der Waals surface area (Å²) in [5.41, 5.74) is 6.91. The predicted molar refractivity (Wildman–Crippen MR) is 112 cm³/mol. The van der Waals surface area contributed by atoms with E-state index in [1.165, 1.54) is 50.0 Å². The number of rotatable bonds is 6. The molecule has 0 saturated carbocycles. The van der Waals surface area contributed by atoms with Crippen LogP contribution in [0.4, 0.5) is 26.4 Å². The van der Waals surface area contributed by atoms with Crippen LogP contribution in [0, 0.1) is 5.82 Å². The third-order valence-corrected chi connectivity index (χ3v) is 3.98. The molecule has 3 aromatic rings. The van der Waals surface area contributed by atoms with Gasteiger partial charge < -0.3 is 25.9 Å². The summed E-state index contributed by atoms with van der Waals surface area (Å²) in [7, 11) is 1.38. The molecule has 0 atom stereocenters. The first-order chi connectivity index (χ1) is 14.5. The van der Waals surface area contributed by atoms with Crippen LogP contribution in [0.15, 0.2) is 53.9 Å². The Kier molecular flexibility index (Phi) is 6.60. The fraction of sp³-hybridized carbons (Fsp3) is 0.0526. The second-order valence-electron chi connectivity index (χ2n) is 5.72. The van der Waals surface area contributed by atoms with Crippen LogP contribution in [0.5, 0.6) is 11.6 Å². The van der Waals surface area contributed by atoms with Crippen LogP contribution >= 0.6 is 11.6 Å². The largest absolute Gasteiger partial charge is 0.438 e. The van der Waals surface area contributed by atoms with Crippen molar-refractivity contribution in [1.82, 2.24) is 9.97 Å². The molecule has 0 aliphatic heterocycles. The lowest BCUT2D eigenvalue weighted by molar-refractivity contribution is 0.215. The van der Waals surface area contributed by atoms with E-state index in [1.807, 2.05) is 0 Å². The van der Waals surface area contributed by atoms with Gasteiger partial charge in [-0.3, -0.25) is 0 Å². The molecule has 0 unspecified atom stereocenters. The van der Waals surface area contributed by atoms with Gasteiger partial charge in [-0.15, -0.1) is 0 Å². The Hall–Kier alpha value is -3.92. The minimum Gasteiger partial charge on any atom is -0.438 e. The van der Waals surface area contributed by atoms with E-state index in [-0.39, 0.29) is 16.7 Å². The van der Waals surface area contributed by atoms with Crippen LogP contribution in [-0.4, -0.2) is 29.3 Å². The number of aromatic nitrogens is 2. The standard InChI is InChI=1S/C19H16ClFN6O3/c1-29-25-9-14-17(22)23-10-24-18(14)30-13-6-7-16(15(20)8-13)27-19(28)26-12-4-2-11(21)3-5-12/h2-10H,1H3,(H2,22,23,24)(H2,26,27,28)/b25-9+. The monoisotopic (exact) mass is 430 g/mol. The van der Waals surface area contributed by atoms with Crippen LogP contribution < -0.4 is 21.1 Å². The van der Waals surface area contributed by atoms with Crippen molar-refractivity contribution < 1.29 is 18.8 Å². The third-order valence-electron chi connectivity index (χ3n) is 3.67. The number of amides is 2. The molecule has 1 aromatic heterocycles. The van der Waals surface area contributed by atoms with Gasteiger partial charge in [-0.1, -0.05) is 16.8 Å².